The molecule has 8 heteroatoms. The van der Waals surface area contributed by atoms with Crippen LogP contribution in [-0.4, -0.2) is 38.6 Å². The number of anilines is 2. The smallest absolute Gasteiger partial charge is 0.229 e. The molecule has 2 fully saturated rings. The van der Waals surface area contributed by atoms with Gasteiger partial charge in [-0.25, -0.2) is 4.68 Å². The highest BCUT2D eigenvalue weighted by atomic mass is 16.2. The van der Waals surface area contributed by atoms with Gasteiger partial charge in [0, 0.05) is 29.9 Å². The molecule has 1 N–H and O–H groups in total. The quantitative estimate of drug-likeness (QED) is 0.674. The van der Waals surface area contributed by atoms with E-state index in [0.717, 1.165) is 36.9 Å². The molecule has 32 heavy (non-hydrogen) atoms. The molecule has 162 valence electrons. The second-order valence-electron chi connectivity index (χ2n) is 8.96. The summed E-state index contributed by atoms with van der Waals surface area (Å²) in [7, 11) is 0. The minimum Gasteiger partial charge on any atom is -0.326 e. The van der Waals surface area contributed by atoms with Crippen LogP contribution in [-0.2, 0) is 22.4 Å². The minimum absolute atomic E-state index is 0.000423. The molecule has 2 amide bonds. The molecule has 1 saturated heterocycles. The first-order valence-corrected chi connectivity index (χ1v) is 11.3. The number of amides is 2. The molecule has 8 nitrogen and oxygen atoms in total. The first-order chi connectivity index (χ1) is 15.7. The van der Waals surface area contributed by atoms with Crippen molar-refractivity contribution in [2.75, 3.05) is 16.8 Å². The molecule has 3 aromatic rings. The largest absolute Gasteiger partial charge is 0.326 e. The Kier molecular flexibility index (Phi) is 4.52. The SMILES string of the molecule is O=C(Nc1cccc(-c2nnnn2C2CC2)c1)C1CC(=O)N(c2ccc3c(c2)CCC3)C1. The van der Waals surface area contributed by atoms with Gasteiger partial charge in [0.2, 0.25) is 11.8 Å². The van der Waals surface area contributed by atoms with Gasteiger partial charge in [0.15, 0.2) is 5.82 Å². The molecule has 2 aromatic carbocycles. The summed E-state index contributed by atoms with van der Waals surface area (Å²) in [5.74, 6) is 0.194. The van der Waals surface area contributed by atoms with E-state index in [4.69, 9.17) is 0 Å². The zero-order valence-corrected chi connectivity index (χ0v) is 17.7. The number of nitrogens with one attached hydrogen (secondary N) is 1. The monoisotopic (exact) mass is 428 g/mol. The number of benzene rings is 2. The van der Waals surface area contributed by atoms with E-state index in [2.05, 4.69) is 33.0 Å². The fourth-order valence-electron chi connectivity index (χ4n) is 4.79. The molecular formula is C24H24N6O2. The van der Waals surface area contributed by atoms with Crippen molar-refractivity contribution in [3.05, 3.63) is 53.6 Å². The van der Waals surface area contributed by atoms with Gasteiger partial charge in [-0.15, -0.1) is 5.10 Å². The number of aryl methyl sites for hydroxylation is 2. The predicted octanol–water partition coefficient (Wildman–Crippen LogP) is 3.16. The van der Waals surface area contributed by atoms with Crippen molar-refractivity contribution in [3.8, 4) is 11.4 Å². The van der Waals surface area contributed by atoms with Gasteiger partial charge in [0.05, 0.1) is 12.0 Å². The van der Waals surface area contributed by atoms with Crippen LogP contribution >= 0.6 is 0 Å². The van der Waals surface area contributed by atoms with Crippen LogP contribution in [0.2, 0.25) is 0 Å². The van der Waals surface area contributed by atoms with Crippen molar-refractivity contribution < 1.29 is 9.59 Å². The van der Waals surface area contributed by atoms with Gasteiger partial charge in [-0.1, -0.05) is 18.2 Å². The van der Waals surface area contributed by atoms with Crippen LogP contribution in [0.5, 0.6) is 0 Å². The summed E-state index contributed by atoms with van der Waals surface area (Å²) in [4.78, 5) is 27.4. The van der Waals surface area contributed by atoms with Crippen LogP contribution < -0.4 is 10.2 Å². The molecule has 3 aliphatic rings. The van der Waals surface area contributed by atoms with E-state index >= 15 is 0 Å². The molecule has 1 atom stereocenters. The maximum atomic E-state index is 13.0. The van der Waals surface area contributed by atoms with Crippen molar-refractivity contribution in [3.63, 3.8) is 0 Å². The Bertz CT molecular complexity index is 1210. The van der Waals surface area contributed by atoms with Crippen LogP contribution in [0.15, 0.2) is 42.5 Å². The highest BCUT2D eigenvalue weighted by molar-refractivity contribution is 6.03. The Labute approximate surface area is 185 Å². The van der Waals surface area contributed by atoms with E-state index in [1.54, 1.807) is 4.90 Å². The predicted molar refractivity (Wildman–Crippen MR) is 119 cm³/mol. The third-order valence-electron chi connectivity index (χ3n) is 6.66. The van der Waals surface area contributed by atoms with Gasteiger partial charge in [0.25, 0.3) is 0 Å². The molecule has 6 rings (SSSR count). The molecular weight excluding hydrogens is 404 g/mol. The lowest BCUT2D eigenvalue weighted by atomic mass is 10.1. The van der Waals surface area contributed by atoms with Gasteiger partial charge in [-0.3, -0.25) is 9.59 Å². The molecule has 1 aliphatic heterocycles. The highest BCUT2D eigenvalue weighted by Crippen LogP contribution is 2.37. The maximum Gasteiger partial charge on any atom is 0.229 e. The summed E-state index contributed by atoms with van der Waals surface area (Å²) in [6.07, 6.45) is 5.75. The third kappa shape index (κ3) is 3.45. The van der Waals surface area contributed by atoms with Crippen LogP contribution in [0.1, 0.15) is 42.9 Å². The Morgan fingerprint density at radius 1 is 1.06 bits per heavy atom. The summed E-state index contributed by atoms with van der Waals surface area (Å²) in [5.41, 5.74) is 5.15. The number of aromatic nitrogens is 4. The number of hydrogen-bond acceptors (Lipinski definition) is 5. The molecule has 1 saturated carbocycles. The highest BCUT2D eigenvalue weighted by Gasteiger charge is 2.35. The molecule has 2 heterocycles. The molecule has 1 unspecified atom stereocenters. The van der Waals surface area contributed by atoms with Crippen molar-refractivity contribution in [2.24, 2.45) is 5.92 Å². The van der Waals surface area contributed by atoms with Gasteiger partial charge < -0.3 is 10.2 Å². The first kappa shape index (κ1) is 19.2. The lowest BCUT2D eigenvalue weighted by Gasteiger charge is -2.18. The van der Waals surface area contributed by atoms with Crippen LogP contribution in [0, 0.1) is 5.92 Å². The molecule has 0 spiro atoms. The number of nitrogens with zero attached hydrogens (tertiary/aromatic N) is 5. The average Bonchev–Trinajstić information content (AvgIpc) is 3.19. The van der Waals surface area contributed by atoms with Crippen LogP contribution in [0.4, 0.5) is 11.4 Å². The van der Waals surface area contributed by atoms with Gasteiger partial charge in [0.1, 0.15) is 0 Å². The Morgan fingerprint density at radius 2 is 1.94 bits per heavy atom. The summed E-state index contributed by atoms with van der Waals surface area (Å²) in [5, 5.41) is 15.1. The lowest BCUT2D eigenvalue weighted by molar-refractivity contribution is -0.122. The summed E-state index contributed by atoms with van der Waals surface area (Å²) >= 11 is 0. The van der Waals surface area contributed by atoms with E-state index in [0.29, 0.717) is 24.1 Å². The standard InChI is InChI=1S/C24H24N6O2/c31-22-13-18(14-29(22)21-8-7-15-3-1-4-16(15)12-21)24(32)25-19-6-2-5-17(11-19)23-26-27-28-30(23)20-9-10-20/h2,5-8,11-12,18,20H,1,3-4,9-10,13-14H2,(H,25,32). The van der Waals surface area contributed by atoms with E-state index in [1.807, 2.05) is 35.0 Å². The van der Waals surface area contributed by atoms with E-state index in [-0.39, 0.29) is 24.2 Å². The number of fused-ring (bicyclic) bond motifs is 1. The van der Waals surface area contributed by atoms with Gasteiger partial charge in [-0.05, 0) is 77.9 Å². The van der Waals surface area contributed by atoms with Gasteiger partial charge >= 0.3 is 0 Å². The number of hydrogen-bond donors (Lipinski definition) is 1. The van der Waals surface area contributed by atoms with Crippen molar-refractivity contribution in [2.45, 2.75) is 44.6 Å². The van der Waals surface area contributed by atoms with Crippen molar-refractivity contribution in [1.82, 2.24) is 20.2 Å². The number of carbonyl (C=O) groups is 2. The number of rotatable bonds is 5. The topological polar surface area (TPSA) is 93.0 Å². The summed E-state index contributed by atoms with van der Waals surface area (Å²) in [6, 6.07) is 14.2. The summed E-state index contributed by atoms with van der Waals surface area (Å²) in [6.45, 7) is 0.406. The minimum atomic E-state index is -0.379. The molecule has 0 radical (unpaired) electrons. The number of tetrazole rings is 1. The first-order valence-electron chi connectivity index (χ1n) is 11.3. The lowest BCUT2D eigenvalue weighted by Crippen LogP contribution is -2.28. The van der Waals surface area contributed by atoms with Gasteiger partial charge in [-0.2, -0.15) is 0 Å². The number of carbonyl (C=O) groups excluding carboxylic acids is 2. The Balaban J connectivity index is 1.16. The fourth-order valence-corrected chi connectivity index (χ4v) is 4.79. The van der Waals surface area contributed by atoms with E-state index in [9.17, 15) is 9.59 Å². The Morgan fingerprint density at radius 3 is 2.81 bits per heavy atom. The zero-order chi connectivity index (χ0) is 21.7. The molecule has 2 aliphatic carbocycles. The normalized spacial score (nSPS) is 19.9. The molecule has 0 bridgehead atoms. The third-order valence-corrected chi connectivity index (χ3v) is 6.66. The van der Waals surface area contributed by atoms with E-state index < -0.39 is 0 Å². The zero-order valence-electron chi connectivity index (χ0n) is 17.7. The van der Waals surface area contributed by atoms with Crippen LogP contribution in [0.3, 0.4) is 0 Å². The maximum absolute atomic E-state index is 13.0. The van der Waals surface area contributed by atoms with E-state index in [1.165, 1.54) is 17.5 Å². The average molecular weight is 428 g/mol. The van der Waals surface area contributed by atoms with Crippen molar-refractivity contribution >= 4 is 23.2 Å². The second-order valence-corrected chi connectivity index (χ2v) is 8.96. The van der Waals surface area contributed by atoms with Crippen molar-refractivity contribution in [1.29, 1.82) is 0 Å². The fraction of sp³-hybridized carbons (Fsp3) is 0.375. The Hall–Kier alpha value is -3.55. The second kappa shape index (κ2) is 7.55. The summed E-state index contributed by atoms with van der Waals surface area (Å²) < 4.78 is 1.85. The van der Waals surface area contributed by atoms with Crippen LogP contribution in [0.25, 0.3) is 11.4 Å². The molecule has 1 aromatic heterocycles.